The Bertz CT molecular complexity index is 1320. The smallest absolute Gasteiger partial charge is 0.251 e. The molecule has 194 valence electrons. The van der Waals surface area contributed by atoms with Gasteiger partial charge in [0.15, 0.2) is 5.78 Å². The third-order valence-corrected chi connectivity index (χ3v) is 7.70. The van der Waals surface area contributed by atoms with Gasteiger partial charge >= 0.3 is 0 Å². The largest absolute Gasteiger partial charge is 0.492 e. The van der Waals surface area contributed by atoms with E-state index in [-0.39, 0.29) is 30.6 Å². The zero-order valence-corrected chi connectivity index (χ0v) is 21.8. The van der Waals surface area contributed by atoms with Gasteiger partial charge in [-0.3, -0.25) is 19.1 Å². The van der Waals surface area contributed by atoms with Crippen LogP contribution in [-0.4, -0.2) is 69.3 Å². The Morgan fingerprint density at radius 3 is 2.95 bits per heavy atom. The fourth-order valence-electron chi connectivity index (χ4n) is 4.35. The number of carbonyl (C=O) groups excluding carboxylic acids is 3. The maximum atomic E-state index is 13.1. The van der Waals surface area contributed by atoms with Crippen LogP contribution in [0.1, 0.15) is 44.6 Å². The molecule has 4 heterocycles. The number of rotatable bonds is 3. The summed E-state index contributed by atoms with van der Waals surface area (Å²) in [6.07, 6.45) is 2.22. The molecular weight excluding hydrogens is 518 g/mol. The highest BCUT2D eigenvalue weighted by Gasteiger charge is 2.37. The molecule has 0 radical (unpaired) electrons. The highest BCUT2D eigenvalue weighted by atomic mass is 35.5. The molecule has 4 bridgehead atoms. The van der Waals surface area contributed by atoms with E-state index in [1.807, 2.05) is 11.6 Å². The van der Waals surface area contributed by atoms with E-state index < -0.39 is 12.1 Å². The molecule has 1 aromatic carbocycles. The van der Waals surface area contributed by atoms with Crippen molar-refractivity contribution in [2.75, 3.05) is 19.7 Å². The number of hydrogen-bond acceptors (Lipinski definition) is 8. The van der Waals surface area contributed by atoms with Crippen LogP contribution >= 0.6 is 22.9 Å². The average molecular weight is 544 g/mol. The van der Waals surface area contributed by atoms with E-state index in [2.05, 4.69) is 15.6 Å². The summed E-state index contributed by atoms with van der Waals surface area (Å²) in [5, 5.41) is 13.6. The third-order valence-electron chi connectivity index (χ3n) is 6.31. The minimum absolute atomic E-state index is 0.0239. The van der Waals surface area contributed by atoms with Gasteiger partial charge in [-0.15, -0.1) is 16.4 Å². The number of likely N-dealkylation sites (tertiary alicyclic amines) is 1. The highest BCUT2D eigenvalue weighted by Crippen LogP contribution is 2.26. The molecule has 2 amide bonds. The molecule has 2 aromatic heterocycles. The molecule has 1 fully saturated rings. The number of nitrogens with zero attached hydrogens (tertiary/aromatic N) is 4. The number of amides is 2. The lowest BCUT2D eigenvalue weighted by Gasteiger charge is -2.20. The van der Waals surface area contributed by atoms with Crippen molar-refractivity contribution in [2.45, 2.75) is 45.1 Å². The van der Waals surface area contributed by atoms with Gasteiger partial charge in [0.05, 0.1) is 47.9 Å². The molecule has 37 heavy (non-hydrogen) atoms. The Kier molecular flexibility index (Phi) is 7.54. The van der Waals surface area contributed by atoms with Crippen molar-refractivity contribution in [1.29, 1.82) is 0 Å². The number of ketones is 1. The molecule has 2 atom stereocenters. The Morgan fingerprint density at radius 1 is 1.27 bits per heavy atom. The molecule has 5 rings (SSSR count). The topological polar surface area (TPSA) is 116 Å². The van der Waals surface area contributed by atoms with E-state index in [1.165, 1.54) is 18.3 Å². The van der Waals surface area contributed by atoms with E-state index in [0.717, 1.165) is 5.56 Å². The first-order valence-corrected chi connectivity index (χ1v) is 13.2. The maximum Gasteiger partial charge on any atom is 0.251 e. The molecule has 0 spiro atoms. The average Bonchev–Trinajstić information content (AvgIpc) is 3.61. The van der Waals surface area contributed by atoms with Crippen LogP contribution in [0.5, 0.6) is 5.75 Å². The lowest BCUT2D eigenvalue weighted by molar-refractivity contribution is -0.130. The standard InChI is InChI=1S/C25H26ClN5O5S/c1-15(32)23-7-16(14-37-23)8-24(33)30-11-20-22(12-30)36-13-18-10-31(29-28-18)5-2-6-35-21-9-17(25(34)27-20)3-4-19(21)26/h3-4,7,9-10,14,20,22H,2,5-6,8,11-13H2,1H3,(H,27,34)/t20-,22-/m0/s1. The number of hydrogen-bond donors (Lipinski definition) is 1. The van der Waals surface area contributed by atoms with Gasteiger partial charge in [0.25, 0.3) is 5.91 Å². The van der Waals surface area contributed by atoms with E-state index in [1.54, 1.807) is 33.8 Å². The van der Waals surface area contributed by atoms with Crippen molar-refractivity contribution in [3.05, 3.63) is 62.6 Å². The summed E-state index contributed by atoms with van der Waals surface area (Å²) < 4.78 is 13.7. The van der Waals surface area contributed by atoms with Gasteiger partial charge in [-0.05, 0) is 42.1 Å². The van der Waals surface area contributed by atoms with Gasteiger partial charge in [-0.1, -0.05) is 16.8 Å². The Balaban J connectivity index is 1.35. The minimum Gasteiger partial charge on any atom is -0.492 e. The SMILES string of the molecule is CC(=O)c1cc(CC(=O)N2C[C@@H]3NC(=O)c4ccc(Cl)c(c4)OCCCn4cc(nn4)CO[C@H]3C2)cs1. The number of halogens is 1. The number of aromatic nitrogens is 3. The summed E-state index contributed by atoms with van der Waals surface area (Å²) in [5.41, 5.74) is 1.86. The predicted octanol–water partition coefficient (Wildman–Crippen LogP) is 2.75. The number of aryl methyl sites for hydroxylation is 1. The van der Waals surface area contributed by atoms with Crippen LogP contribution in [0.2, 0.25) is 5.02 Å². The molecule has 12 heteroatoms. The second-order valence-corrected chi connectivity index (χ2v) is 10.4. The molecule has 1 saturated heterocycles. The number of fused-ring (bicyclic) bond motifs is 5. The quantitative estimate of drug-likeness (QED) is 0.505. The zero-order chi connectivity index (χ0) is 25.9. The third kappa shape index (κ3) is 6.00. The summed E-state index contributed by atoms with van der Waals surface area (Å²) in [7, 11) is 0. The maximum absolute atomic E-state index is 13.1. The van der Waals surface area contributed by atoms with Crippen molar-refractivity contribution in [1.82, 2.24) is 25.2 Å². The second kappa shape index (κ2) is 11.0. The number of Topliss-reactive ketones (excluding diaryl/α,β-unsaturated/α-hetero) is 1. The molecule has 1 N–H and O–H groups in total. The molecule has 2 aliphatic rings. The van der Waals surface area contributed by atoms with E-state index in [9.17, 15) is 14.4 Å². The number of benzene rings is 1. The number of ether oxygens (including phenoxy) is 2. The summed E-state index contributed by atoms with van der Waals surface area (Å²) in [6.45, 7) is 3.32. The number of carbonyl (C=O) groups is 3. The molecule has 0 aliphatic carbocycles. The van der Waals surface area contributed by atoms with Crippen LogP contribution in [-0.2, 0) is 29.1 Å². The van der Waals surface area contributed by atoms with Crippen LogP contribution in [0.15, 0.2) is 35.8 Å². The van der Waals surface area contributed by atoms with Gasteiger partial charge in [-0.2, -0.15) is 0 Å². The molecule has 0 unspecified atom stereocenters. The number of nitrogens with one attached hydrogen (secondary N) is 1. The normalized spacial score (nSPS) is 20.2. The fraction of sp³-hybridized carbons (Fsp3) is 0.400. The van der Waals surface area contributed by atoms with E-state index in [0.29, 0.717) is 59.6 Å². The summed E-state index contributed by atoms with van der Waals surface area (Å²) >= 11 is 7.61. The molecule has 3 aromatic rings. The van der Waals surface area contributed by atoms with Crippen LogP contribution in [0, 0.1) is 0 Å². The van der Waals surface area contributed by atoms with Crippen molar-refractivity contribution in [3.63, 3.8) is 0 Å². The summed E-state index contributed by atoms with van der Waals surface area (Å²) in [4.78, 5) is 40.2. The lowest BCUT2D eigenvalue weighted by atomic mass is 10.1. The van der Waals surface area contributed by atoms with E-state index >= 15 is 0 Å². The molecular formula is C25H26ClN5O5S. The predicted molar refractivity (Wildman–Crippen MR) is 136 cm³/mol. The molecule has 0 saturated carbocycles. The van der Waals surface area contributed by atoms with Crippen molar-refractivity contribution >= 4 is 40.5 Å². The Labute approximate surface area is 222 Å². The Hall–Kier alpha value is -3.28. The second-order valence-electron chi connectivity index (χ2n) is 9.10. The van der Waals surface area contributed by atoms with Crippen molar-refractivity contribution < 1.29 is 23.9 Å². The highest BCUT2D eigenvalue weighted by molar-refractivity contribution is 7.12. The zero-order valence-electron chi connectivity index (χ0n) is 20.2. The lowest BCUT2D eigenvalue weighted by Crippen LogP contribution is -2.44. The Morgan fingerprint density at radius 2 is 2.14 bits per heavy atom. The van der Waals surface area contributed by atoms with Crippen molar-refractivity contribution in [2.24, 2.45) is 0 Å². The monoisotopic (exact) mass is 543 g/mol. The first-order valence-electron chi connectivity index (χ1n) is 12.0. The van der Waals surface area contributed by atoms with E-state index in [4.69, 9.17) is 21.1 Å². The van der Waals surface area contributed by atoms with Crippen LogP contribution < -0.4 is 10.1 Å². The van der Waals surface area contributed by atoms with Gasteiger partial charge in [-0.25, -0.2) is 0 Å². The fourth-order valence-corrected chi connectivity index (χ4v) is 5.33. The van der Waals surface area contributed by atoms with Crippen LogP contribution in [0.25, 0.3) is 0 Å². The number of thiophene rings is 1. The summed E-state index contributed by atoms with van der Waals surface area (Å²) in [5.74, 6) is -0.00442. The van der Waals surface area contributed by atoms with Gasteiger partial charge in [0.1, 0.15) is 11.4 Å². The first kappa shape index (κ1) is 25.4. The minimum atomic E-state index is -0.441. The van der Waals surface area contributed by atoms with Gasteiger partial charge in [0, 0.05) is 31.6 Å². The van der Waals surface area contributed by atoms with Gasteiger partial charge < -0.3 is 19.7 Å². The summed E-state index contributed by atoms with van der Waals surface area (Å²) in [6, 6.07) is 6.21. The van der Waals surface area contributed by atoms with Crippen LogP contribution in [0.4, 0.5) is 0 Å². The van der Waals surface area contributed by atoms with Gasteiger partial charge in [0.2, 0.25) is 5.91 Å². The van der Waals surface area contributed by atoms with Crippen LogP contribution in [0.3, 0.4) is 0 Å². The van der Waals surface area contributed by atoms with Crippen molar-refractivity contribution in [3.8, 4) is 5.75 Å². The molecule has 10 nitrogen and oxygen atoms in total. The first-order chi connectivity index (χ1) is 17.9. The molecule has 2 aliphatic heterocycles.